The molecule has 55 heavy (non-hydrogen) atoms. The van der Waals surface area contributed by atoms with Crippen LogP contribution in [0, 0.1) is 24.7 Å². The summed E-state index contributed by atoms with van der Waals surface area (Å²) in [5, 5.41) is 0. The molecule has 3 aromatic carbocycles. The Morgan fingerprint density at radius 1 is 0.673 bits per heavy atom. The molecule has 2 unspecified atom stereocenters. The van der Waals surface area contributed by atoms with Crippen molar-refractivity contribution in [2.75, 3.05) is 0 Å². The number of hydrogen-bond donors (Lipinski definition) is 0. The third kappa shape index (κ3) is 20.8. The Hall–Kier alpha value is -2.86. The van der Waals surface area contributed by atoms with Crippen molar-refractivity contribution < 1.29 is 0 Å². The van der Waals surface area contributed by atoms with Gasteiger partial charge in [-0.1, -0.05) is 199 Å². The monoisotopic (exact) mass is 749 g/mol. The summed E-state index contributed by atoms with van der Waals surface area (Å²) in [6.45, 7) is 26.2. The van der Waals surface area contributed by atoms with E-state index in [0.29, 0.717) is 11.8 Å². The first kappa shape index (κ1) is 50.2. The van der Waals surface area contributed by atoms with Gasteiger partial charge in [-0.15, -0.1) is 0 Å². The van der Waals surface area contributed by atoms with Crippen molar-refractivity contribution in [3.8, 4) is 0 Å². The topological polar surface area (TPSA) is 0 Å². The van der Waals surface area contributed by atoms with Gasteiger partial charge in [0.1, 0.15) is 0 Å². The van der Waals surface area contributed by atoms with Crippen LogP contribution in [0.25, 0.3) is 5.57 Å². The fourth-order valence-electron chi connectivity index (χ4n) is 8.28. The van der Waals surface area contributed by atoms with Crippen LogP contribution in [0.3, 0.4) is 0 Å². The highest BCUT2D eigenvalue weighted by atomic mass is 14.2. The van der Waals surface area contributed by atoms with Crippen LogP contribution < -0.4 is 0 Å². The molecule has 3 aromatic rings. The molecule has 0 N–H and O–H groups in total. The highest BCUT2D eigenvalue weighted by molar-refractivity contribution is 5.65. The first-order valence-corrected chi connectivity index (χ1v) is 23.5. The molecule has 0 heteroatoms. The number of allylic oxidation sites excluding steroid dienone is 3. The molecule has 1 saturated carbocycles. The number of unbranched alkanes of at least 4 members (excludes halogenated alkanes) is 2. The van der Waals surface area contributed by atoms with Crippen molar-refractivity contribution in [3.63, 3.8) is 0 Å². The van der Waals surface area contributed by atoms with Gasteiger partial charge >= 0.3 is 0 Å². The van der Waals surface area contributed by atoms with Gasteiger partial charge in [0.15, 0.2) is 0 Å². The Morgan fingerprint density at radius 2 is 1.29 bits per heavy atom. The molecule has 0 bridgehead atoms. The lowest BCUT2D eigenvalue weighted by atomic mass is 9.81. The molecule has 1 aliphatic carbocycles. The Labute approximate surface area is 344 Å². The normalized spacial score (nSPS) is 13.8. The molecular formula is C55H88. The molecule has 0 aliphatic heterocycles. The maximum Gasteiger partial charge on any atom is -0.0162 e. The highest BCUT2D eigenvalue weighted by Crippen LogP contribution is 2.34. The fourth-order valence-corrected chi connectivity index (χ4v) is 8.28. The zero-order valence-corrected chi connectivity index (χ0v) is 38.1. The van der Waals surface area contributed by atoms with Crippen molar-refractivity contribution >= 4 is 5.57 Å². The lowest BCUT2D eigenvalue weighted by Crippen LogP contribution is -2.07. The summed E-state index contributed by atoms with van der Waals surface area (Å²) in [4.78, 5) is 0. The summed E-state index contributed by atoms with van der Waals surface area (Å²) >= 11 is 0. The fraction of sp³-hybridized carbons (Fsp3) is 0.600. The highest BCUT2D eigenvalue weighted by Gasteiger charge is 2.17. The molecule has 2 atom stereocenters. The quantitative estimate of drug-likeness (QED) is 0.0752. The number of rotatable bonds is 21. The summed E-state index contributed by atoms with van der Waals surface area (Å²) in [7, 11) is 0. The van der Waals surface area contributed by atoms with Gasteiger partial charge in [0, 0.05) is 0 Å². The molecule has 0 radical (unpaired) electrons. The van der Waals surface area contributed by atoms with Gasteiger partial charge in [-0.25, -0.2) is 0 Å². The Balaban J connectivity index is 0.000000700. The van der Waals surface area contributed by atoms with E-state index in [9.17, 15) is 0 Å². The van der Waals surface area contributed by atoms with E-state index in [2.05, 4.69) is 127 Å². The van der Waals surface area contributed by atoms with Crippen LogP contribution in [0.4, 0.5) is 0 Å². The summed E-state index contributed by atoms with van der Waals surface area (Å²) in [6, 6.07) is 25.2. The van der Waals surface area contributed by atoms with Gasteiger partial charge in [-0.3, -0.25) is 0 Å². The summed E-state index contributed by atoms with van der Waals surface area (Å²) in [6.07, 6.45) is 30.9. The number of aryl methyl sites for hydroxylation is 5. The minimum atomic E-state index is 0.705. The van der Waals surface area contributed by atoms with Crippen LogP contribution in [0.2, 0.25) is 0 Å². The van der Waals surface area contributed by atoms with E-state index in [4.69, 9.17) is 0 Å². The number of hydrogen-bond acceptors (Lipinski definition) is 0. The first-order chi connectivity index (χ1) is 26.9. The largest absolute Gasteiger partial charge is 0.0950 e. The average molecular weight is 749 g/mol. The van der Waals surface area contributed by atoms with E-state index in [1.807, 2.05) is 27.7 Å². The zero-order valence-electron chi connectivity index (χ0n) is 38.1. The predicted molar refractivity (Wildman–Crippen MR) is 252 cm³/mol. The van der Waals surface area contributed by atoms with Gasteiger partial charge in [-0.2, -0.15) is 0 Å². The van der Waals surface area contributed by atoms with E-state index in [-0.39, 0.29) is 0 Å². The average Bonchev–Trinajstić information content (AvgIpc) is 3.23. The Kier molecular flexibility index (Phi) is 29.4. The lowest BCUT2D eigenvalue weighted by Gasteiger charge is -2.24. The van der Waals surface area contributed by atoms with E-state index in [1.165, 1.54) is 162 Å². The van der Waals surface area contributed by atoms with Gasteiger partial charge in [0.25, 0.3) is 0 Å². The molecule has 0 aromatic heterocycles. The van der Waals surface area contributed by atoms with Gasteiger partial charge < -0.3 is 0 Å². The van der Waals surface area contributed by atoms with E-state index >= 15 is 0 Å². The Bertz CT molecular complexity index is 1370. The van der Waals surface area contributed by atoms with E-state index in [0.717, 1.165) is 5.92 Å². The third-order valence-electron chi connectivity index (χ3n) is 11.5. The van der Waals surface area contributed by atoms with Crippen LogP contribution >= 0.6 is 0 Å². The van der Waals surface area contributed by atoms with Gasteiger partial charge in [-0.05, 0) is 146 Å². The van der Waals surface area contributed by atoms with Crippen molar-refractivity contribution in [3.05, 3.63) is 124 Å². The molecule has 1 aliphatic rings. The second-order valence-corrected chi connectivity index (χ2v) is 15.9. The van der Waals surface area contributed by atoms with Crippen LogP contribution in [0.5, 0.6) is 0 Å². The second kappa shape index (κ2) is 32.2. The van der Waals surface area contributed by atoms with Crippen molar-refractivity contribution in [2.45, 2.75) is 198 Å². The summed E-state index contributed by atoms with van der Waals surface area (Å²) in [5.74, 6) is 2.23. The first-order valence-electron chi connectivity index (χ1n) is 23.5. The van der Waals surface area contributed by atoms with Crippen molar-refractivity contribution in [2.24, 2.45) is 17.8 Å². The van der Waals surface area contributed by atoms with Crippen molar-refractivity contribution in [1.82, 2.24) is 0 Å². The van der Waals surface area contributed by atoms with Gasteiger partial charge in [0.05, 0.1) is 0 Å². The van der Waals surface area contributed by atoms with E-state index in [1.54, 1.807) is 11.1 Å². The molecule has 0 amide bonds. The molecule has 4 rings (SSSR count). The molecule has 0 spiro atoms. The molecule has 0 heterocycles. The maximum absolute atomic E-state index is 4.47. The van der Waals surface area contributed by atoms with Crippen LogP contribution in [-0.2, 0) is 32.1 Å². The molecule has 0 saturated heterocycles. The van der Waals surface area contributed by atoms with Crippen LogP contribution in [-0.4, -0.2) is 0 Å². The van der Waals surface area contributed by atoms with Crippen LogP contribution in [0.1, 0.15) is 198 Å². The lowest BCUT2D eigenvalue weighted by molar-refractivity contribution is 0.430. The standard InChI is InChI=1S/C37H54.C14H22.2C2H6/c1-4-5-8-16-31(2)17-13-20-34(22-14-21-33-18-9-6-10-19-33)23-15-24-35-27-29-37(30-28-35)32(3)36-25-11-7-12-26-36;1-5-8-12-9-11(4)14(7-3)13(6-2)10-12;2*1-2/h6,9-10,13,18-20,27-31,34,36H,3-5,7-8,11-12,14-17,21-26H2,1-2H3;9-10H,5-8H2,1-4H3;2*1-2H3/b20-13-;;;. The minimum Gasteiger partial charge on any atom is -0.0950 e. The maximum atomic E-state index is 4.47. The molecule has 1 fully saturated rings. The van der Waals surface area contributed by atoms with Crippen LogP contribution in [0.15, 0.2) is 85.5 Å². The Morgan fingerprint density at radius 3 is 1.85 bits per heavy atom. The minimum absolute atomic E-state index is 0.705. The number of benzene rings is 3. The predicted octanol–water partition coefficient (Wildman–Crippen LogP) is 17.5. The second-order valence-electron chi connectivity index (χ2n) is 15.9. The smallest absolute Gasteiger partial charge is 0.0162 e. The third-order valence-corrected chi connectivity index (χ3v) is 11.5. The van der Waals surface area contributed by atoms with E-state index < -0.39 is 0 Å². The van der Waals surface area contributed by atoms with Crippen molar-refractivity contribution in [1.29, 1.82) is 0 Å². The SMILES string of the molecule is C=C(c1ccc(CCCC(/C=C\CC(C)CCCCC)CCCc2ccccc2)cc1)C1CCCCC1.CC.CC.CCCc1cc(C)c(CC)c(CC)c1. The van der Waals surface area contributed by atoms with Gasteiger partial charge in [0.2, 0.25) is 0 Å². The summed E-state index contributed by atoms with van der Waals surface area (Å²) < 4.78 is 0. The molecular weight excluding hydrogens is 661 g/mol. The molecule has 308 valence electrons. The summed E-state index contributed by atoms with van der Waals surface area (Å²) in [5.41, 5.74) is 11.8. The molecule has 0 nitrogen and oxygen atoms in total. The zero-order chi connectivity index (χ0) is 40.7.